The Labute approximate surface area is 73.5 Å². The molecule has 68 valence electrons. The van der Waals surface area contributed by atoms with Crippen LogP contribution in [0.2, 0.25) is 0 Å². The van der Waals surface area contributed by atoms with E-state index in [1.807, 2.05) is 6.20 Å². The predicted molar refractivity (Wildman–Crippen MR) is 50.3 cm³/mol. The van der Waals surface area contributed by atoms with Crippen LogP contribution < -0.4 is 5.84 Å². The second kappa shape index (κ2) is 4.14. The molecule has 1 aromatic rings. The van der Waals surface area contributed by atoms with Crippen molar-refractivity contribution in [2.45, 2.75) is 39.5 Å². The standard InChI is InChI=1S/C9H17N3/c1-3-4-5-6-9-8(2)7-12(10)11-9/h7H,3-6,10H2,1-2H3. The molecule has 0 fully saturated rings. The van der Waals surface area contributed by atoms with Crippen LogP contribution in [0.1, 0.15) is 37.4 Å². The molecule has 0 bridgehead atoms. The highest BCUT2D eigenvalue weighted by molar-refractivity contribution is 5.14. The number of nitrogens with zero attached hydrogens (tertiary/aromatic N) is 2. The summed E-state index contributed by atoms with van der Waals surface area (Å²) < 4.78 is 0. The molecule has 0 unspecified atom stereocenters. The third-order valence-electron chi connectivity index (χ3n) is 2.03. The first-order valence-corrected chi connectivity index (χ1v) is 4.54. The van der Waals surface area contributed by atoms with E-state index in [4.69, 9.17) is 5.84 Å². The Kier molecular flexibility index (Phi) is 3.14. The lowest BCUT2D eigenvalue weighted by molar-refractivity contribution is 0.692. The largest absolute Gasteiger partial charge is 0.323 e. The first-order chi connectivity index (χ1) is 5.74. The second-order valence-corrected chi connectivity index (χ2v) is 3.20. The van der Waals surface area contributed by atoms with Crippen molar-refractivity contribution in [2.24, 2.45) is 0 Å². The van der Waals surface area contributed by atoms with Crippen molar-refractivity contribution in [1.29, 1.82) is 0 Å². The zero-order chi connectivity index (χ0) is 8.97. The summed E-state index contributed by atoms with van der Waals surface area (Å²) >= 11 is 0. The van der Waals surface area contributed by atoms with Gasteiger partial charge in [0.05, 0.1) is 11.9 Å². The first kappa shape index (κ1) is 9.10. The Bertz CT molecular complexity index is 240. The molecule has 3 nitrogen and oxygen atoms in total. The van der Waals surface area contributed by atoms with Crippen LogP contribution in [0.15, 0.2) is 6.20 Å². The third kappa shape index (κ3) is 2.26. The summed E-state index contributed by atoms with van der Waals surface area (Å²) in [5.74, 6) is 5.49. The highest BCUT2D eigenvalue weighted by atomic mass is 15.5. The minimum atomic E-state index is 1.06. The first-order valence-electron chi connectivity index (χ1n) is 4.54. The van der Waals surface area contributed by atoms with Crippen molar-refractivity contribution < 1.29 is 0 Å². The van der Waals surface area contributed by atoms with Crippen LogP contribution in [0.4, 0.5) is 0 Å². The number of aromatic nitrogens is 2. The molecule has 0 amide bonds. The van der Waals surface area contributed by atoms with Crippen LogP contribution in [0.3, 0.4) is 0 Å². The lowest BCUT2D eigenvalue weighted by Gasteiger charge is -1.95. The maximum atomic E-state index is 5.49. The molecular formula is C9H17N3. The minimum Gasteiger partial charge on any atom is -0.323 e. The van der Waals surface area contributed by atoms with Crippen molar-refractivity contribution in [3.63, 3.8) is 0 Å². The summed E-state index contributed by atoms with van der Waals surface area (Å²) in [6.07, 6.45) is 6.67. The molecule has 1 heterocycles. The summed E-state index contributed by atoms with van der Waals surface area (Å²) in [5, 5.41) is 4.18. The monoisotopic (exact) mass is 167 g/mol. The molecule has 0 aliphatic carbocycles. The Balaban J connectivity index is 2.45. The van der Waals surface area contributed by atoms with Gasteiger partial charge in [-0.3, -0.25) is 0 Å². The van der Waals surface area contributed by atoms with Gasteiger partial charge in [-0.05, 0) is 25.3 Å². The zero-order valence-corrected chi connectivity index (χ0v) is 7.88. The molecule has 1 aromatic heterocycles. The number of rotatable bonds is 4. The number of aryl methyl sites for hydroxylation is 2. The molecule has 0 spiro atoms. The van der Waals surface area contributed by atoms with Gasteiger partial charge in [0, 0.05) is 0 Å². The number of hydrogen-bond acceptors (Lipinski definition) is 2. The van der Waals surface area contributed by atoms with E-state index in [1.54, 1.807) is 0 Å². The molecule has 0 saturated carbocycles. The average Bonchev–Trinajstić information content (AvgIpc) is 2.31. The maximum Gasteiger partial charge on any atom is 0.0674 e. The van der Waals surface area contributed by atoms with Gasteiger partial charge in [-0.15, -0.1) is 0 Å². The zero-order valence-electron chi connectivity index (χ0n) is 7.88. The maximum absolute atomic E-state index is 5.49. The topological polar surface area (TPSA) is 43.8 Å². The second-order valence-electron chi connectivity index (χ2n) is 3.20. The third-order valence-corrected chi connectivity index (χ3v) is 2.03. The summed E-state index contributed by atoms with van der Waals surface area (Å²) in [6.45, 7) is 4.26. The van der Waals surface area contributed by atoms with Gasteiger partial charge in [-0.2, -0.15) is 9.89 Å². The summed E-state index contributed by atoms with van der Waals surface area (Å²) in [6, 6.07) is 0. The number of nitrogen functional groups attached to an aromatic ring is 1. The van der Waals surface area contributed by atoms with E-state index in [9.17, 15) is 0 Å². The predicted octanol–water partition coefficient (Wildman–Crippen LogP) is 1.64. The van der Waals surface area contributed by atoms with Crippen LogP contribution >= 0.6 is 0 Å². The Hall–Kier alpha value is -0.990. The fourth-order valence-corrected chi connectivity index (χ4v) is 1.31. The summed E-state index contributed by atoms with van der Waals surface area (Å²) in [5.41, 5.74) is 2.35. The van der Waals surface area contributed by atoms with Crippen molar-refractivity contribution in [1.82, 2.24) is 9.89 Å². The number of hydrogen-bond donors (Lipinski definition) is 1. The molecule has 0 saturated heterocycles. The lowest BCUT2D eigenvalue weighted by Crippen LogP contribution is -2.08. The van der Waals surface area contributed by atoms with Crippen molar-refractivity contribution in [3.8, 4) is 0 Å². The summed E-state index contributed by atoms with van der Waals surface area (Å²) in [7, 11) is 0. The Morgan fingerprint density at radius 2 is 2.25 bits per heavy atom. The van der Waals surface area contributed by atoms with Gasteiger partial charge in [0.25, 0.3) is 0 Å². The van der Waals surface area contributed by atoms with Gasteiger partial charge in [-0.25, -0.2) is 0 Å². The lowest BCUT2D eigenvalue weighted by atomic mass is 10.1. The van der Waals surface area contributed by atoms with Crippen LogP contribution in [0.25, 0.3) is 0 Å². The van der Waals surface area contributed by atoms with Gasteiger partial charge in [0.2, 0.25) is 0 Å². The molecule has 0 aromatic carbocycles. The van der Waals surface area contributed by atoms with E-state index >= 15 is 0 Å². The van der Waals surface area contributed by atoms with E-state index in [1.165, 1.54) is 29.6 Å². The molecule has 1 rings (SSSR count). The molecule has 2 N–H and O–H groups in total. The Morgan fingerprint density at radius 3 is 2.75 bits per heavy atom. The molecular weight excluding hydrogens is 150 g/mol. The molecule has 3 heteroatoms. The quantitative estimate of drug-likeness (QED) is 0.547. The SMILES string of the molecule is CCCCCc1nn(N)cc1C. The molecule has 0 radical (unpaired) electrons. The highest BCUT2D eigenvalue weighted by Crippen LogP contribution is 2.08. The highest BCUT2D eigenvalue weighted by Gasteiger charge is 2.01. The minimum absolute atomic E-state index is 1.06. The molecule has 0 atom stereocenters. The smallest absolute Gasteiger partial charge is 0.0674 e. The fraction of sp³-hybridized carbons (Fsp3) is 0.667. The number of nitrogens with two attached hydrogens (primary N) is 1. The average molecular weight is 167 g/mol. The van der Waals surface area contributed by atoms with Gasteiger partial charge in [0.1, 0.15) is 0 Å². The van der Waals surface area contributed by atoms with Gasteiger partial charge < -0.3 is 5.84 Å². The van der Waals surface area contributed by atoms with Gasteiger partial charge >= 0.3 is 0 Å². The van der Waals surface area contributed by atoms with Crippen molar-refractivity contribution >= 4 is 0 Å². The van der Waals surface area contributed by atoms with Crippen LogP contribution in [-0.4, -0.2) is 9.89 Å². The number of unbranched alkanes of at least 4 members (excludes halogenated alkanes) is 2. The van der Waals surface area contributed by atoms with E-state index in [0.717, 1.165) is 12.1 Å². The van der Waals surface area contributed by atoms with E-state index in [-0.39, 0.29) is 0 Å². The Morgan fingerprint density at radius 1 is 1.50 bits per heavy atom. The van der Waals surface area contributed by atoms with Crippen LogP contribution in [0, 0.1) is 6.92 Å². The van der Waals surface area contributed by atoms with Crippen molar-refractivity contribution in [3.05, 3.63) is 17.5 Å². The fourth-order valence-electron chi connectivity index (χ4n) is 1.31. The molecule has 0 aliphatic heterocycles. The molecule has 0 aliphatic rings. The normalized spacial score (nSPS) is 10.5. The van der Waals surface area contributed by atoms with E-state index in [0.29, 0.717) is 0 Å². The van der Waals surface area contributed by atoms with E-state index < -0.39 is 0 Å². The summed E-state index contributed by atoms with van der Waals surface area (Å²) in [4.78, 5) is 1.40. The van der Waals surface area contributed by atoms with Crippen molar-refractivity contribution in [2.75, 3.05) is 5.84 Å². The molecule has 12 heavy (non-hydrogen) atoms. The van der Waals surface area contributed by atoms with Crippen LogP contribution in [-0.2, 0) is 6.42 Å². The van der Waals surface area contributed by atoms with E-state index in [2.05, 4.69) is 18.9 Å². The van der Waals surface area contributed by atoms with Gasteiger partial charge in [-0.1, -0.05) is 19.8 Å². The van der Waals surface area contributed by atoms with Crippen LogP contribution in [0.5, 0.6) is 0 Å². The van der Waals surface area contributed by atoms with Gasteiger partial charge in [0.15, 0.2) is 0 Å².